The highest BCUT2D eigenvalue weighted by atomic mass is 15.3. The van der Waals surface area contributed by atoms with Gasteiger partial charge in [-0.25, -0.2) is 0 Å². The van der Waals surface area contributed by atoms with Gasteiger partial charge in [0.1, 0.15) is 5.82 Å². The van der Waals surface area contributed by atoms with Crippen LogP contribution in [0.15, 0.2) is 30.5 Å². The number of nitrogens with two attached hydrogens (primary N) is 2. The van der Waals surface area contributed by atoms with Gasteiger partial charge in [-0.3, -0.25) is 21.0 Å². The second kappa shape index (κ2) is 5.55. The summed E-state index contributed by atoms with van der Waals surface area (Å²) in [4.78, 5) is 0. The molecule has 6 N–H and O–H groups in total. The Morgan fingerprint density at radius 1 is 1.38 bits per heavy atom. The molecule has 0 aliphatic rings. The van der Waals surface area contributed by atoms with Gasteiger partial charge in [0, 0.05) is 23.9 Å². The number of para-hydroxylation sites is 1. The van der Waals surface area contributed by atoms with Crippen LogP contribution in [0.4, 0.5) is 5.82 Å². The molecule has 2 aromatic heterocycles. The summed E-state index contributed by atoms with van der Waals surface area (Å²) in [5.41, 5.74) is 11.7. The normalized spacial score (nSPS) is 12.9. The maximum atomic E-state index is 5.88. The van der Waals surface area contributed by atoms with Crippen molar-refractivity contribution in [1.82, 2.24) is 25.4 Å². The Labute approximate surface area is 122 Å². The van der Waals surface area contributed by atoms with Crippen LogP contribution in [-0.4, -0.2) is 20.0 Å². The van der Waals surface area contributed by atoms with E-state index in [1.165, 1.54) is 0 Å². The molecule has 1 unspecified atom stereocenters. The number of aromatic nitrogens is 4. The predicted octanol–water partition coefficient (Wildman–Crippen LogP) is 1.11. The van der Waals surface area contributed by atoms with E-state index in [0.29, 0.717) is 12.2 Å². The molecular weight excluding hydrogens is 266 g/mol. The molecule has 7 heteroatoms. The number of nitrogens with zero attached hydrogens (tertiary/aromatic N) is 3. The number of H-pyrrole nitrogens is 1. The van der Waals surface area contributed by atoms with Crippen molar-refractivity contribution >= 4 is 16.7 Å². The summed E-state index contributed by atoms with van der Waals surface area (Å²) in [5, 5.41) is 12.5. The van der Waals surface area contributed by atoms with Crippen molar-refractivity contribution in [3.05, 3.63) is 41.7 Å². The molecule has 3 rings (SSSR count). The molecule has 0 spiro atoms. The van der Waals surface area contributed by atoms with Gasteiger partial charge < -0.3 is 5.73 Å². The van der Waals surface area contributed by atoms with E-state index in [-0.39, 0.29) is 6.04 Å². The monoisotopic (exact) mass is 285 g/mol. The maximum absolute atomic E-state index is 5.88. The first kappa shape index (κ1) is 13.6. The molecule has 0 fully saturated rings. The lowest BCUT2D eigenvalue weighted by Crippen LogP contribution is -2.30. The molecule has 0 amide bonds. The molecule has 1 atom stereocenters. The van der Waals surface area contributed by atoms with Crippen LogP contribution in [0.5, 0.6) is 0 Å². The van der Waals surface area contributed by atoms with Crippen LogP contribution in [0.3, 0.4) is 0 Å². The number of fused-ring (bicyclic) bond motifs is 1. The van der Waals surface area contributed by atoms with Gasteiger partial charge in [0.05, 0.1) is 23.4 Å². The zero-order valence-corrected chi connectivity index (χ0v) is 11.9. The quantitative estimate of drug-likeness (QED) is 0.414. The highest BCUT2D eigenvalue weighted by molar-refractivity contribution is 5.82. The van der Waals surface area contributed by atoms with Gasteiger partial charge in [-0.2, -0.15) is 10.2 Å². The summed E-state index contributed by atoms with van der Waals surface area (Å²) in [6.45, 7) is 2.91. The Balaban J connectivity index is 1.99. The largest absolute Gasteiger partial charge is 0.384 e. The Hall–Kier alpha value is -2.38. The van der Waals surface area contributed by atoms with Gasteiger partial charge >= 0.3 is 0 Å². The van der Waals surface area contributed by atoms with Crippen LogP contribution < -0.4 is 17.0 Å². The fourth-order valence-corrected chi connectivity index (χ4v) is 2.62. The van der Waals surface area contributed by atoms with E-state index < -0.39 is 0 Å². The third-order valence-corrected chi connectivity index (χ3v) is 3.71. The number of aromatic amines is 1. The van der Waals surface area contributed by atoms with Crippen LogP contribution in [-0.2, 0) is 13.0 Å². The first-order valence-corrected chi connectivity index (χ1v) is 6.93. The fourth-order valence-electron chi connectivity index (χ4n) is 2.62. The van der Waals surface area contributed by atoms with Crippen molar-refractivity contribution in [2.24, 2.45) is 5.84 Å². The summed E-state index contributed by atoms with van der Waals surface area (Å²) < 4.78 is 2.00. The Kier molecular flexibility index (Phi) is 3.59. The van der Waals surface area contributed by atoms with E-state index in [2.05, 4.69) is 39.8 Å². The molecular formula is C14H19N7. The predicted molar refractivity (Wildman–Crippen MR) is 82.2 cm³/mol. The number of hydrogen-bond donors (Lipinski definition) is 4. The highest BCUT2D eigenvalue weighted by Gasteiger charge is 2.19. The number of hydrazine groups is 1. The van der Waals surface area contributed by atoms with Crippen LogP contribution in [0.1, 0.15) is 24.2 Å². The van der Waals surface area contributed by atoms with Crippen molar-refractivity contribution in [3.63, 3.8) is 0 Å². The van der Waals surface area contributed by atoms with Crippen LogP contribution in [0.25, 0.3) is 10.9 Å². The lowest BCUT2D eigenvalue weighted by Gasteiger charge is -2.13. The van der Waals surface area contributed by atoms with Crippen molar-refractivity contribution < 1.29 is 0 Å². The lowest BCUT2D eigenvalue weighted by atomic mass is 10.0. The minimum Gasteiger partial charge on any atom is -0.384 e. The SMILES string of the molecule is CCn1nc(CC(NN)c2cn[nH]c2N)c2ccccc21. The number of rotatable bonds is 5. The van der Waals surface area contributed by atoms with Gasteiger partial charge in [-0.1, -0.05) is 18.2 Å². The molecule has 3 aromatic rings. The minimum atomic E-state index is -0.132. The number of hydrogen-bond acceptors (Lipinski definition) is 5. The molecule has 2 heterocycles. The van der Waals surface area contributed by atoms with Crippen molar-refractivity contribution in [2.75, 3.05) is 5.73 Å². The summed E-state index contributed by atoms with van der Waals surface area (Å²) in [6.07, 6.45) is 2.34. The summed E-state index contributed by atoms with van der Waals surface area (Å²) in [6, 6.07) is 8.06. The average molecular weight is 285 g/mol. The van der Waals surface area contributed by atoms with E-state index in [1.807, 2.05) is 16.8 Å². The first-order valence-electron chi connectivity index (χ1n) is 6.93. The topological polar surface area (TPSA) is 111 Å². The van der Waals surface area contributed by atoms with Crippen LogP contribution >= 0.6 is 0 Å². The van der Waals surface area contributed by atoms with Gasteiger partial charge in [0.15, 0.2) is 0 Å². The molecule has 0 saturated carbocycles. The van der Waals surface area contributed by atoms with Crippen LogP contribution in [0, 0.1) is 0 Å². The zero-order valence-electron chi connectivity index (χ0n) is 11.9. The Morgan fingerprint density at radius 2 is 2.19 bits per heavy atom. The summed E-state index contributed by atoms with van der Waals surface area (Å²) in [5.74, 6) is 6.21. The Bertz CT molecular complexity index is 743. The first-order chi connectivity index (χ1) is 10.2. The highest BCUT2D eigenvalue weighted by Crippen LogP contribution is 2.25. The van der Waals surface area contributed by atoms with E-state index in [0.717, 1.165) is 28.7 Å². The minimum absolute atomic E-state index is 0.132. The Morgan fingerprint density at radius 3 is 2.86 bits per heavy atom. The van der Waals surface area contributed by atoms with Crippen molar-refractivity contribution in [1.29, 1.82) is 0 Å². The zero-order chi connectivity index (χ0) is 14.8. The van der Waals surface area contributed by atoms with E-state index >= 15 is 0 Å². The molecule has 0 saturated heterocycles. The number of nitrogen functional groups attached to an aromatic ring is 1. The van der Waals surface area contributed by atoms with Gasteiger partial charge in [-0.15, -0.1) is 0 Å². The molecule has 0 aliphatic heterocycles. The van der Waals surface area contributed by atoms with Gasteiger partial charge in [0.25, 0.3) is 0 Å². The molecule has 1 aromatic carbocycles. The third-order valence-electron chi connectivity index (χ3n) is 3.71. The second-order valence-corrected chi connectivity index (χ2v) is 4.94. The fraction of sp³-hybridized carbons (Fsp3) is 0.286. The van der Waals surface area contributed by atoms with Gasteiger partial charge in [0.2, 0.25) is 0 Å². The van der Waals surface area contributed by atoms with E-state index in [4.69, 9.17) is 11.6 Å². The smallest absolute Gasteiger partial charge is 0.123 e. The molecule has 7 nitrogen and oxygen atoms in total. The van der Waals surface area contributed by atoms with Crippen LogP contribution in [0.2, 0.25) is 0 Å². The molecule has 110 valence electrons. The summed E-state index contributed by atoms with van der Waals surface area (Å²) in [7, 11) is 0. The van der Waals surface area contributed by atoms with E-state index in [1.54, 1.807) is 6.20 Å². The van der Waals surface area contributed by atoms with Crippen molar-refractivity contribution in [2.45, 2.75) is 25.9 Å². The molecule has 21 heavy (non-hydrogen) atoms. The maximum Gasteiger partial charge on any atom is 0.123 e. The average Bonchev–Trinajstić information content (AvgIpc) is 3.09. The summed E-state index contributed by atoms with van der Waals surface area (Å²) >= 11 is 0. The second-order valence-electron chi connectivity index (χ2n) is 4.94. The number of aryl methyl sites for hydroxylation is 1. The lowest BCUT2D eigenvalue weighted by molar-refractivity contribution is 0.541. The van der Waals surface area contributed by atoms with Crippen molar-refractivity contribution in [3.8, 4) is 0 Å². The molecule has 0 bridgehead atoms. The number of benzene rings is 1. The molecule has 0 radical (unpaired) electrons. The molecule has 0 aliphatic carbocycles. The number of nitrogens with one attached hydrogen (secondary N) is 2. The van der Waals surface area contributed by atoms with E-state index in [9.17, 15) is 0 Å². The third kappa shape index (κ3) is 2.37. The standard InChI is InChI=1S/C14H19N7/c1-2-21-13-6-4-3-5-9(13)12(20-21)7-11(18-16)10-8-17-19-14(10)15/h3-6,8,11,18H,2,7,16H2,1H3,(H3,15,17,19). The number of anilines is 1. The van der Waals surface area contributed by atoms with Gasteiger partial charge in [-0.05, 0) is 13.0 Å².